The van der Waals surface area contributed by atoms with Crippen LogP contribution in [0.1, 0.15) is 46.2 Å². The van der Waals surface area contributed by atoms with Crippen molar-refractivity contribution in [2.24, 2.45) is 0 Å². The molecule has 0 aromatic heterocycles. The maximum atomic E-state index is 7.01. The Balaban J connectivity index is 0.795. The SMILES string of the molecule is C1=C/COCCOCCOC[C@H]2O[C@H](CCOCc3ccccc3)[C@@H](OCc3ccccc3)[C@@H](OCc3ccccc3)[C@@H]2OCCOCCOC/C=C/COCCOCCO[C@H]2[C@H](OCc3ccccc3)[C@H](OCc3ccccc3)[C@@H](CCOCc3ccccc3)O[C@@H]2COCCOCCOC/1. The van der Waals surface area contributed by atoms with Gasteiger partial charge in [-0.1, -0.05) is 206 Å². The van der Waals surface area contributed by atoms with Crippen molar-refractivity contribution in [3.63, 3.8) is 0 Å². The van der Waals surface area contributed by atoms with E-state index in [1.807, 2.05) is 133 Å². The molecule has 0 bridgehead atoms. The fourth-order valence-corrected chi connectivity index (χ4v) is 11.8. The quantitative estimate of drug-likeness (QED) is 0.0461. The maximum absolute atomic E-state index is 7.01. The molecule has 20 nitrogen and oxygen atoms in total. The minimum absolute atomic E-state index is 0.221. The lowest BCUT2D eigenvalue weighted by atomic mass is 9.92. The highest BCUT2D eigenvalue weighted by molar-refractivity contribution is 5.18. The second-order valence-electron chi connectivity index (χ2n) is 24.6. The van der Waals surface area contributed by atoms with Gasteiger partial charge in [-0.2, -0.15) is 0 Å². The number of rotatable bonds is 22. The smallest absolute Gasteiger partial charge is 0.115 e. The molecule has 0 unspecified atom stereocenters. The summed E-state index contributed by atoms with van der Waals surface area (Å²) in [6.45, 7) is 10.9. The number of fused-ring (bicyclic) bond motifs is 2. The molecule has 3 aliphatic rings. The molecule has 0 aliphatic carbocycles. The predicted octanol–water partition coefficient (Wildman–Crippen LogP) is 11.1. The van der Waals surface area contributed by atoms with E-state index in [1.165, 1.54) is 0 Å². The molecule has 2 saturated heterocycles. The van der Waals surface area contributed by atoms with E-state index in [9.17, 15) is 0 Å². The Hall–Kier alpha value is -6.00. The van der Waals surface area contributed by atoms with Gasteiger partial charge in [0, 0.05) is 13.2 Å². The summed E-state index contributed by atoms with van der Waals surface area (Å²) >= 11 is 0. The highest BCUT2D eigenvalue weighted by Crippen LogP contribution is 2.34. The molecule has 9 rings (SSSR count). The van der Waals surface area contributed by atoms with E-state index < -0.39 is 61.0 Å². The van der Waals surface area contributed by atoms with Crippen LogP contribution in [-0.2, 0) is 134 Å². The lowest BCUT2D eigenvalue weighted by Gasteiger charge is -2.46. The molecule has 0 spiro atoms. The minimum atomic E-state index is -0.593. The second kappa shape index (κ2) is 51.2. The van der Waals surface area contributed by atoms with Crippen LogP contribution in [0.4, 0.5) is 0 Å². The predicted molar refractivity (Wildman–Crippen MR) is 385 cm³/mol. The van der Waals surface area contributed by atoms with Crippen molar-refractivity contribution in [2.45, 2.75) is 114 Å². The molecule has 0 N–H and O–H groups in total. The summed E-state index contributed by atoms with van der Waals surface area (Å²) in [7, 11) is 0. The molecule has 102 heavy (non-hydrogen) atoms. The first-order chi connectivity index (χ1) is 50.7. The first-order valence-corrected chi connectivity index (χ1v) is 36.2. The maximum Gasteiger partial charge on any atom is 0.115 e. The molecule has 20 heteroatoms. The second-order valence-corrected chi connectivity index (χ2v) is 24.6. The van der Waals surface area contributed by atoms with E-state index in [2.05, 4.69) is 72.8 Å². The van der Waals surface area contributed by atoms with Crippen molar-refractivity contribution in [3.05, 3.63) is 240 Å². The summed E-state index contributed by atoms with van der Waals surface area (Å²) in [4.78, 5) is 0. The van der Waals surface area contributed by atoms with Gasteiger partial charge in [0.25, 0.3) is 0 Å². The highest BCUT2D eigenvalue weighted by atomic mass is 16.6. The van der Waals surface area contributed by atoms with E-state index in [1.54, 1.807) is 0 Å². The summed E-state index contributed by atoms with van der Waals surface area (Å²) in [6.07, 6.45) is 3.56. The third kappa shape index (κ3) is 31.8. The van der Waals surface area contributed by atoms with Gasteiger partial charge in [0.1, 0.15) is 48.8 Å². The Morgan fingerprint density at radius 2 is 0.500 bits per heavy atom. The lowest BCUT2D eigenvalue weighted by molar-refractivity contribution is -0.273. The first-order valence-electron chi connectivity index (χ1n) is 36.2. The van der Waals surface area contributed by atoms with Gasteiger partial charge >= 0.3 is 0 Å². The topological polar surface area (TPSA) is 185 Å². The summed E-state index contributed by atoms with van der Waals surface area (Å²) in [5, 5.41) is 0. The molecular weight excluding hydrogens is 1300 g/mol. The zero-order valence-electron chi connectivity index (χ0n) is 59.2. The molecule has 0 amide bonds. The van der Waals surface area contributed by atoms with Crippen molar-refractivity contribution in [1.29, 1.82) is 0 Å². The Morgan fingerprint density at radius 3 is 0.794 bits per heavy atom. The Bertz CT molecular complexity index is 2830. The summed E-state index contributed by atoms with van der Waals surface area (Å²) < 4.78 is 128. The van der Waals surface area contributed by atoms with Crippen molar-refractivity contribution in [1.82, 2.24) is 0 Å². The molecule has 556 valence electrons. The van der Waals surface area contributed by atoms with Crippen LogP contribution in [0.25, 0.3) is 0 Å². The minimum Gasteiger partial charge on any atom is -0.377 e. The van der Waals surface area contributed by atoms with Crippen LogP contribution in [0.5, 0.6) is 0 Å². The van der Waals surface area contributed by atoms with Crippen molar-refractivity contribution in [3.8, 4) is 0 Å². The molecular formula is C82H108O20. The van der Waals surface area contributed by atoms with Gasteiger partial charge in [-0.3, -0.25) is 0 Å². The number of hydrogen-bond acceptors (Lipinski definition) is 20. The van der Waals surface area contributed by atoms with Crippen LogP contribution in [0.15, 0.2) is 206 Å². The third-order valence-corrected chi connectivity index (χ3v) is 17.0. The zero-order chi connectivity index (χ0) is 70.0. The van der Waals surface area contributed by atoms with Crippen LogP contribution in [0.2, 0.25) is 0 Å². The van der Waals surface area contributed by atoms with Crippen LogP contribution in [-0.4, -0.2) is 220 Å². The molecule has 10 atom stereocenters. The Kier molecular flexibility index (Phi) is 40.2. The van der Waals surface area contributed by atoms with E-state index in [4.69, 9.17) is 94.7 Å². The zero-order valence-corrected chi connectivity index (χ0v) is 59.2. The number of benzene rings is 6. The van der Waals surface area contributed by atoms with Gasteiger partial charge in [0.15, 0.2) is 0 Å². The Labute approximate surface area is 603 Å². The van der Waals surface area contributed by atoms with E-state index in [0.717, 1.165) is 33.4 Å². The third-order valence-electron chi connectivity index (χ3n) is 17.0. The van der Waals surface area contributed by atoms with Gasteiger partial charge in [-0.05, 0) is 46.2 Å². The molecule has 0 saturated carbocycles. The lowest BCUT2D eigenvalue weighted by Crippen LogP contribution is -2.61. The van der Waals surface area contributed by atoms with E-state index in [-0.39, 0.29) is 26.4 Å². The number of ether oxygens (including phenoxy) is 20. The summed E-state index contributed by atoms with van der Waals surface area (Å²) in [6, 6.07) is 60.8. The van der Waals surface area contributed by atoms with E-state index in [0.29, 0.717) is 185 Å². The number of hydrogen-bond donors (Lipinski definition) is 0. The first kappa shape index (κ1) is 80.1. The normalized spacial score (nSPS) is 25.6. The standard InChI is InChI=1S/C82H108O20/c1-7-23-67(24-8-1)59-91-41-35-73-77(97-61-69-27-11-3-12-28-69)81(99-63-71-31-15-5-16-32-71)79-75(101-73)65-93-53-51-87-47-43-83-37-19-20-38-84-44-48-88-52-54-94-66-76-80(96-58-56-90-50-46-86-40-22-21-39-85-45-49-89-55-57-95-79)82(100-64-72-33-17-6-18-34-72)78(98-62-70-29-13-4-14-30-70)74(102-76)36-42-92-60-68-25-9-2-10-26-68/h1-34,73-82H,35-66H2/b20-19+,22-21+/t73-,74-,75-,76-,77-,78-,79-,80-,81-,82-/m1/s1. The van der Waals surface area contributed by atoms with Gasteiger partial charge in [0.2, 0.25) is 0 Å². The average Bonchev–Trinajstić information content (AvgIpc) is 0.797. The van der Waals surface area contributed by atoms with Gasteiger partial charge in [-0.15, -0.1) is 0 Å². The molecule has 2 fully saturated rings. The summed E-state index contributed by atoms with van der Waals surface area (Å²) in [5.74, 6) is 0. The van der Waals surface area contributed by atoms with Gasteiger partial charge < -0.3 is 94.7 Å². The fourth-order valence-electron chi connectivity index (χ4n) is 11.8. The van der Waals surface area contributed by atoms with Crippen LogP contribution >= 0.6 is 0 Å². The molecule has 0 radical (unpaired) electrons. The Morgan fingerprint density at radius 1 is 0.255 bits per heavy atom. The highest BCUT2D eigenvalue weighted by Gasteiger charge is 2.50. The van der Waals surface area contributed by atoms with Crippen LogP contribution in [0.3, 0.4) is 0 Å². The van der Waals surface area contributed by atoms with Gasteiger partial charge in [-0.25, -0.2) is 0 Å². The molecule has 3 aliphatic heterocycles. The molecule has 3 heterocycles. The largest absolute Gasteiger partial charge is 0.377 e. The van der Waals surface area contributed by atoms with Crippen molar-refractivity contribution >= 4 is 0 Å². The van der Waals surface area contributed by atoms with E-state index >= 15 is 0 Å². The van der Waals surface area contributed by atoms with Crippen molar-refractivity contribution < 1.29 is 94.7 Å². The van der Waals surface area contributed by atoms with Crippen LogP contribution < -0.4 is 0 Å². The fraction of sp³-hybridized carbons (Fsp3) is 0.512. The summed E-state index contributed by atoms with van der Waals surface area (Å²) in [5.41, 5.74) is 6.29. The van der Waals surface area contributed by atoms with Crippen molar-refractivity contribution in [2.75, 3.05) is 159 Å². The van der Waals surface area contributed by atoms with Crippen LogP contribution in [0, 0.1) is 0 Å². The van der Waals surface area contributed by atoms with Gasteiger partial charge in [0.05, 0.1) is 197 Å². The average molecular weight is 1410 g/mol. The monoisotopic (exact) mass is 1410 g/mol. The molecule has 6 aromatic rings. The molecule has 6 aromatic carbocycles.